The highest BCUT2D eigenvalue weighted by Gasteiger charge is 2.53. The van der Waals surface area contributed by atoms with Gasteiger partial charge in [0.1, 0.15) is 5.78 Å². The van der Waals surface area contributed by atoms with Gasteiger partial charge in [0.2, 0.25) is 0 Å². The molecule has 0 aromatic heterocycles. The standard InChI is InChI=1S/C9H15NO/c1-6(11)9-3-2-7(5-9)4-8(9)10/h7-8H,2-5,10H2,1H3. The number of nitrogens with two attached hydrogens (primary N) is 1. The molecule has 2 saturated carbocycles. The maximum Gasteiger partial charge on any atom is 0.137 e. The van der Waals surface area contributed by atoms with Crippen LogP contribution in [0.1, 0.15) is 32.6 Å². The van der Waals surface area contributed by atoms with Gasteiger partial charge in [0.25, 0.3) is 0 Å². The number of hydrogen-bond donors (Lipinski definition) is 1. The molecule has 0 radical (unpaired) electrons. The van der Waals surface area contributed by atoms with Crippen LogP contribution < -0.4 is 5.73 Å². The van der Waals surface area contributed by atoms with Crippen molar-refractivity contribution in [1.29, 1.82) is 0 Å². The Kier molecular flexibility index (Phi) is 1.37. The topological polar surface area (TPSA) is 43.1 Å². The normalized spacial score (nSPS) is 48.2. The molecule has 2 bridgehead atoms. The van der Waals surface area contributed by atoms with Crippen LogP contribution in [0.15, 0.2) is 0 Å². The summed E-state index contributed by atoms with van der Waals surface area (Å²) in [6, 6.07) is 0.166. The van der Waals surface area contributed by atoms with E-state index in [2.05, 4.69) is 0 Å². The molecular formula is C9H15NO. The second kappa shape index (κ2) is 2.07. The van der Waals surface area contributed by atoms with E-state index in [-0.39, 0.29) is 11.5 Å². The molecule has 2 fully saturated rings. The fourth-order valence-corrected chi connectivity index (χ4v) is 2.88. The summed E-state index contributed by atoms with van der Waals surface area (Å²) in [4.78, 5) is 11.4. The molecule has 0 aromatic carbocycles. The van der Waals surface area contributed by atoms with Crippen LogP contribution >= 0.6 is 0 Å². The van der Waals surface area contributed by atoms with E-state index in [1.165, 1.54) is 6.42 Å². The first kappa shape index (κ1) is 7.29. The average Bonchev–Trinajstić information content (AvgIpc) is 2.43. The summed E-state index contributed by atoms with van der Waals surface area (Å²) in [6.45, 7) is 1.70. The number of Topliss-reactive ketones (excluding diaryl/α,β-unsaturated/α-hetero) is 1. The minimum Gasteiger partial charge on any atom is -0.327 e. The molecule has 2 N–H and O–H groups in total. The Hall–Kier alpha value is -0.370. The third kappa shape index (κ3) is 0.791. The van der Waals surface area contributed by atoms with E-state index in [0.717, 1.165) is 25.2 Å². The van der Waals surface area contributed by atoms with Gasteiger partial charge in [-0.1, -0.05) is 0 Å². The van der Waals surface area contributed by atoms with Gasteiger partial charge in [0.05, 0.1) is 0 Å². The lowest BCUT2D eigenvalue weighted by molar-refractivity contribution is -0.126. The molecular weight excluding hydrogens is 138 g/mol. The Labute approximate surface area is 67.1 Å². The molecule has 2 nitrogen and oxygen atoms in total. The van der Waals surface area contributed by atoms with Crippen LogP contribution in [0.25, 0.3) is 0 Å². The third-order valence-electron chi connectivity index (χ3n) is 3.65. The molecule has 0 spiro atoms. The van der Waals surface area contributed by atoms with Gasteiger partial charge in [-0.05, 0) is 38.5 Å². The average molecular weight is 153 g/mol. The van der Waals surface area contributed by atoms with E-state index in [1.54, 1.807) is 6.92 Å². The van der Waals surface area contributed by atoms with Crippen molar-refractivity contribution in [2.24, 2.45) is 17.1 Å². The molecule has 0 aliphatic heterocycles. The lowest BCUT2D eigenvalue weighted by atomic mass is 9.77. The summed E-state index contributed by atoms with van der Waals surface area (Å²) in [5, 5.41) is 0. The molecule has 3 unspecified atom stereocenters. The van der Waals surface area contributed by atoms with E-state index in [4.69, 9.17) is 5.73 Å². The zero-order valence-electron chi connectivity index (χ0n) is 6.97. The van der Waals surface area contributed by atoms with Gasteiger partial charge < -0.3 is 5.73 Å². The number of carbonyl (C=O) groups excluding carboxylic acids is 1. The first-order valence-electron chi connectivity index (χ1n) is 4.42. The number of rotatable bonds is 1. The van der Waals surface area contributed by atoms with Crippen LogP contribution in [-0.4, -0.2) is 11.8 Å². The second-order valence-electron chi connectivity index (χ2n) is 4.16. The molecule has 3 atom stereocenters. The van der Waals surface area contributed by atoms with Crippen molar-refractivity contribution in [2.45, 2.75) is 38.6 Å². The minimum atomic E-state index is -0.0926. The fourth-order valence-electron chi connectivity index (χ4n) is 2.88. The third-order valence-corrected chi connectivity index (χ3v) is 3.65. The van der Waals surface area contributed by atoms with Crippen molar-refractivity contribution in [3.8, 4) is 0 Å². The van der Waals surface area contributed by atoms with Crippen molar-refractivity contribution in [2.75, 3.05) is 0 Å². The second-order valence-corrected chi connectivity index (χ2v) is 4.16. The first-order valence-corrected chi connectivity index (χ1v) is 4.42. The van der Waals surface area contributed by atoms with Crippen molar-refractivity contribution < 1.29 is 4.79 Å². The maximum atomic E-state index is 11.4. The van der Waals surface area contributed by atoms with E-state index < -0.39 is 0 Å². The lowest BCUT2D eigenvalue weighted by Gasteiger charge is -2.29. The summed E-state index contributed by atoms with van der Waals surface area (Å²) in [5.41, 5.74) is 5.84. The Balaban J connectivity index is 2.29. The predicted molar refractivity (Wildman–Crippen MR) is 43.0 cm³/mol. The van der Waals surface area contributed by atoms with Gasteiger partial charge >= 0.3 is 0 Å². The molecule has 11 heavy (non-hydrogen) atoms. The van der Waals surface area contributed by atoms with E-state index in [9.17, 15) is 4.79 Å². The highest BCUT2D eigenvalue weighted by atomic mass is 16.1. The molecule has 2 rings (SSSR count). The number of ketones is 1. The van der Waals surface area contributed by atoms with Gasteiger partial charge in [-0.3, -0.25) is 4.79 Å². The van der Waals surface area contributed by atoms with Crippen LogP contribution in [0.3, 0.4) is 0 Å². The molecule has 2 aliphatic rings. The summed E-state index contributed by atoms with van der Waals surface area (Å²) < 4.78 is 0. The van der Waals surface area contributed by atoms with Crippen LogP contribution in [0.2, 0.25) is 0 Å². The number of hydrogen-bond acceptors (Lipinski definition) is 2. The number of fused-ring (bicyclic) bond motifs is 2. The Morgan fingerprint density at radius 2 is 2.36 bits per heavy atom. The smallest absolute Gasteiger partial charge is 0.137 e. The minimum absolute atomic E-state index is 0.0926. The van der Waals surface area contributed by atoms with E-state index >= 15 is 0 Å². The zero-order valence-corrected chi connectivity index (χ0v) is 6.97. The van der Waals surface area contributed by atoms with Crippen LogP contribution in [0.5, 0.6) is 0 Å². The summed E-state index contributed by atoms with van der Waals surface area (Å²) >= 11 is 0. The maximum absolute atomic E-state index is 11.4. The highest BCUT2D eigenvalue weighted by molar-refractivity contribution is 5.84. The van der Waals surface area contributed by atoms with Crippen LogP contribution in [-0.2, 0) is 4.79 Å². The summed E-state index contributed by atoms with van der Waals surface area (Å²) in [5.74, 6) is 1.08. The van der Waals surface area contributed by atoms with Gasteiger partial charge in [-0.2, -0.15) is 0 Å². The van der Waals surface area contributed by atoms with E-state index in [1.807, 2.05) is 0 Å². The Morgan fingerprint density at radius 3 is 2.64 bits per heavy atom. The summed E-state index contributed by atoms with van der Waals surface area (Å²) in [6.07, 6.45) is 4.44. The first-order chi connectivity index (χ1) is 5.15. The fraction of sp³-hybridized carbons (Fsp3) is 0.889. The molecule has 0 aromatic rings. The van der Waals surface area contributed by atoms with Gasteiger partial charge in [-0.25, -0.2) is 0 Å². The van der Waals surface area contributed by atoms with Crippen molar-refractivity contribution in [3.63, 3.8) is 0 Å². The van der Waals surface area contributed by atoms with Crippen molar-refractivity contribution >= 4 is 5.78 Å². The van der Waals surface area contributed by atoms with Crippen LogP contribution in [0, 0.1) is 11.3 Å². The molecule has 0 saturated heterocycles. The quantitative estimate of drug-likeness (QED) is 0.613. The highest BCUT2D eigenvalue weighted by Crippen LogP contribution is 2.53. The molecule has 2 aliphatic carbocycles. The van der Waals surface area contributed by atoms with Gasteiger partial charge in [-0.15, -0.1) is 0 Å². The number of carbonyl (C=O) groups is 1. The van der Waals surface area contributed by atoms with E-state index in [0.29, 0.717) is 5.78 Å². The summed E-state index contributed by atoms with van der Waals surface area (Å²) in [7, 11) is 0. The van der Waals surface area contributed by atoms with Crippen LogP contribution in [0.4, 0.5) is 0 Å². The monoisotopic (exact) mass is 153 g/mol. The largest absolute Gasteiger partial charge is 0.327 e. The predicted octanol–water partition coefficient (Wildman–Crippen LogP) is 1.09. The lowest BCUT2D eigenvalue weighted by Crippen LogP contribution is -2.42. The molecule has 2 heteroatoms. The Bertz CT molecular complexity index is 202. The molecule has 0 heterocycles. The van der Waals surface area contributed by atoms with Gasteiger partial charge in [0.15, 0.2) is 0 Å². The SMILES string of the molecule is CC(=O)C12CCC(CC1N)C2. The van der Waals surface area contributed by atoms with Crippen molar-refractivity contribution in [1.82, 2.24) is 0 Å². The van der Waals surface area contributed by atoms with Gasteiger partial charge in [0, 0.05) is 11.5 Å². The Morgan fingerprint density at radius 1 is 1.64 bits per heavy atom. The zero-order chi connectivity index (χ0) is 8.06. The molecule has 0 amide bonds. The molecule has 62 valence electrons. The van der Waals surface area contributed by atoms with Crippen molar-refractivity contribution in [3.05, 3.63) is 0 Å².